The van der Waals surface area contributed by atoms with Crippen LogP contribution < -0.4 is 5.73 Å². The van der Waals surface area contributed by atoms with Crippen molar-refractivity contribution in [3.63, 3.8) is 0 Å². The van der Waals surface area contributed by atoms with Crippen LogP contribution in [0.25, 0.3) is 0 Å². The number of rotatable bonds is 5. The molecule has 0 spiro atoms. The number of nitrogens with zero attached hydrogens (tertiary/aromatic N) is 1. The van der Waals surface area contributed by atoms with Crippen molar-refractivity contribution in [1.82, 2.24) is 0 Å². The summed E-state index contributed by atoms with van der Waals surface area (Å²) in [5.74, 6) is 1.10. The van der Waals surface area contributed by atoms with Gasteiger partial charge in [-0.3, -0.25) is 4.99 Å². The topological polar surface area (TPSA) is 38.4 Å². The molecule has 0 aliphatic rings. The zero-order valence-corrected chi connectivity index (χ0v) is 8.18. The Balaban J connectivity index is 3.53. The summed E-state index contributed by atoms with van der Waals surface area (Å²) in [7, 11) is 1.68. The second-order valence-corrected chi connectivity index (χ2v) is 3.38. The number of hydrogen-bond donors (Lipinski definition) is 1. The molecule has 0 aromatic heterocycles. The highest BCUT2D eigenvalue weighted by Crippen LogP contribution is 2.12. The minimum atomic E-state index is -0.702. The molecule has 12 heavy (non-hydrogen) atoms. The molecule has 2 unspecified atom stereocenters. The lowest BCUT2D eigenvalue weighted by molar-refractivity contribution is 0.315. The van der Waals surface area contributed by atoms with Crippen LogP contribution in [0.2, 0.25) is 0 Å². The molecule has 0 fully saturated rings. The average molecular weight is 174 g/mol. The highest BCUT2D eigenvalue weighted by atomic mass is 19.1. The Bertz CT molecular complexity index is 143. The van der Waals surface area contributed by atoms with Crippen LogP contribution in [-0.2, 0) is 0 Å². The molecule has 0 saturated carbocycles. The van der Waals surface area contributed by atoms with Crippen molar-refractivity contribution < 1.29 is 4.39 Å². The molecular weight excluding hydrogens is 155 g/mol. The minimum absolute atomic E-state index is 0.437. The fourth-order valence-electron chi connectivity index (χ4n) is 1.06. The predicted molar refractivity (Wildman–Crippen MR) is 51.1 cm³/mol. The van der Waals surface area contributed by atoms with Crippen LogP contribution in [0, 0.1) is 5.92 Å². The second kappa shape index (κ2) is 5.98. The van der Waals surface area contributed by atoms with E-state index in [4.69, 9.17) is 5.73 Å². The molecular formula is C9H19FN2. The van der Waals surface area contributed by atoms with Crippen molar-refractivity contribution in [2.75, 3.05) is 7.05 Å². The second-order valence-electron chi connectivity index (χ2n) is 3.38. The molecule has 0 aromatic carbocycles. The Morgan fingerprint density at radius 1 is 1.42 bits per heavy atom. The van der Waals surface area contributed by atoms with Crippen LogP contribution in [0.15, 0.2) is 4.99 Å². The number of amidine groups is 1. The fourth-order valence-corrected chi connectivity index (χ4v) is 1.06. The van der Waals surface area contributed by atoms with E-state index in [0.717, 1.165) is 12.8 Å². The minimum Gasteiger partial charge on any atom is -0.387 e. The maximum absolute atomic E-state index is 12.4. The van der Waals surface area contributed by atoms with E-state index in [2.05, 4.69) is 11.9 Å². The van der Waals surface area contributed by atoms with Gasteiger partial charge in [0.1, 0.15) is 0 Å². The van der Waals surface area contributed by atoms with Crippen molar-refractivity contribution in [3.8, 4) is 0 Å². The molecule has 72 valence electrons. The van der Waals surface area contributed by atoms with Crippen LogP contribution in [0.1, 0.15) is 33.1 Å². The van der Waals surface area contributed by atoms with E-state index in [-0.39, 0.29) is 0 Å². The van der Waals surface area contributed by atoms with Gasteiger partial charge in [-0.1, -0.05) is 6.92 Å². The summed E-state index contributed by atoms with van der Waals surface area (Å²) >= 11 is 0. The molecule has 0 radical (unpaired) electrons. The van der Waals surface area contributed by atoms with E-state index in [0.29, 0.717) is 18.2 Å². The third-order valence-corrected chi connectivity index (χ3v) is 1.90. The van der Waals surface area contributed by atoms with E-state index in [9.17, 15) is 4.39 Å². The molecule has 0 bridgehead atoms. The summed E-state index contributed by atoms with van der Waals surface area (Å²) < 4.78 is 12.4. The number of nitrogens with two attached hydrogens (primary N) is 1. The van der Waals surface area contributed by atoms with Gasteiger partial charge in [0.25, 0.3) is 0 Å². The Kier molecular flexibility index (Phi) is 5.68. The lowest BCUT2D eigenvalue weighted by Gasteiger charge is -2.10. The van der Waals surface area contributed by atoms with Gasteiger partial charge >= 0.3 is 0 Å². The fraction of sp³-hybridized carbons (Fsp3) is 0.889. The van der Waals surface area contributed by atoms with Gasteiger partial charge in [0.2, 0.25) is 0 Å². The highest BCUT2D eigenvalue weighted by molar-refractivity contribution is 5.80. The summed E-state index contributed by atoms with van der Waals surface area (Å²) in [5.41, 5.74) is 5.54. The van der Waals surface area contributed by atoms with E-state index in [1.807, 2.05) is 0 Å². The van der Waals surface area contributed by atoms with Gasteiger partial charge in [0, 0.05) is 13.5 Å². The number of halogens is 1. The largest absolute Gasteiger partial charge is 0.387 e. The molecule has 0 aliphatic carbocycles. The molecule has 0 saturated heterocycles. The predicted octanol–water partition coefficient (Wildman–Crippen LogP) is 2.14. The summed E-state index contributed by atoms with van der Waals surface area (Å²) in [6.45, 7) is 3.66. The molecule has 0 aliphatic heterocycles. The summed E-state index contributed by atoms with van der Waals surface area (Å²) in [4.78, 5) is 3.86. The SMILES string of the molecule is C/N=C(/N)CC(C)CCC(C)F. The van der Waals surface area contributed by atoms with Crippen molar-refractivity contribution in [2.45, 2.75) is 39.3 Å². The third kappa shape index (κ3) is 6.13. The first-order valence-electron chi connectivity index (χ1n) is 4.41. The normalized spacial score (nSPS) is 17.5. The van der Waals surface area contributed by atoms with Crippen LogP contribution >= 0.6 is 0 Å². The van der Waals surface area contributed by atoms with E-state index < -0.39 is 6.17 Å². The maximum atomic E-state index is 12.4. The highest BCUT2D eigenvalue weighted by Gasteiger charge is 2.06. The smallest absolute Gasteiger partial charge is 0.0973 e. The van der Waals surface area contributed by atoms with Gasteiger partial charge in [0.05, 0.1) is 12.0 Å². The van der Waals surface area contributed by atoms with E-state index in [1.54, 1.807) is 14.0 Å². The molecule has 3 heteroatoms. The summed E-state index contributed by atoms with van der Waals surface area (Å²) in [6.07, 6.45) is 1.59. The molecule has 0 rings (SSSR count). The van der Waals surface area contributed by atoms with Crippen molar-refractivity contribution in [2.24, 2.45) is 16.6 Å². The van der Waals surface area contributed by atoms with Gasteiger partial charge in [-0.15, -0.1) is 0 Å². The molecule has 2 atom stereocenters. The van der Waals surface area contributed by atoms with Gasteiger partial charge in [-0.25, -0.2) is 4.39 Å². The zero-order valence-electron chi connectivity index (χ0n) is 8.18. The van der Waals surface area contributed by atoms with Crippen molar-refractivity contribution in [1.29, 1.82) is 0 Å². The monoisotopic (exact) mass is 174 g/mol. The van der Waals surface area contributed by atoms with Gasteiger partial charge in [-0.05, 0) is 25.7 Å². The quantitative estimate of drug-likeness (QED) is 0.503. The average Bonchev–Trinajstić information content (AvgIpc) is 2.00. The Labute approximate surface area is 74.1 Å². The first-order valence-corrected chi connectivity index (χ1v) is 4.41. The summed E-state index contributed by atoms with van der Waals surface area (Å²) in [6, 6.07) is 0. The Morgan fingerprint density at radius 2 is 2.00 bits per heavy atom. The zero-order chi connectivity index (χ0) is 9.56. The number of aliphatic imine (C=N–C) groups is 1. The van der Waals surface area contributed by atoms with Gasteiger partial charge < -0.3 is 5.73 Å². The maximum Gasteiger partial charge on any atom is 0.0973 e. The van der Waals surface area contributed by atoms with E-state index in [1.165, 1.54) is 0 Å². The molecule has 2 nitrogen and oxygen atoms in total. The van der Waals surface area contributed by atoms with E-state index >= 15 is 0 Å². The Morgan fingerprint density at radius 3 is 2.42 bits per heavy atom. The van der Waals surface area contributed by atoms with Crippen LogP contribution in [-0.4, -0.2) is 19.1 Å². The van der Waals surface area contributed by atoms with Gasteiger partial charge in [0.15, 0.2) is 0 Å². The number of alkyl halides is 1. The molecule has 0 aromatic rings. The van der Waals surface area contributed by atoms with Crippen LogP contribution in [0.3, 0.4) is 0 Å². The number of hydrogen-bond acceptors (Lipinski definition) is 1. The summed E-state index contributed by atoms with van der Waals surface area (Å²) in [5, 5.41) is 0. The third-order valence-electron chi connectivity index (χ3n) is 1.90. The standard InChI is InChI=1S/C9H19FN2/c1-7(4-5-8(2)10)6-9(11)12-3/h7-8H,4-6H2,1-3H3,(H2,11,12). The van der Waals surface area contributed by atoms with Crippen LogP contribution in [0.4, 0.5) is 4.39 Å². The first-order chi connectivity index (χ1) is 5.56. The molecule has 0 heterocycles. The molecule has 2 N–H and O–H groups in total. The van der Waals surface area contributed by atoms with Crippen molar-refractivity contribution in [3.05, 3.63) is 0 Å². The Hall–Kier alpha value is -0.600. The van der Waals surface area contributed by atoms with Crippen molar-refractivity contribution >= 4 is 5.84 Å². The lowest BCUT2D eigenvalue weighted by Crippen LogP contribution is -2.15. The molecule has 0 amide bonds. The lowest BCUT2D eigenvalue weighted by atomic mass is 10.00. The van der Waals surface area contributed by atoms with Crippen LogP contribution in [0.5, 0.6) is 0 Å². The first kappa shape index (κ1) is 11.4. The van der Waals surface area contributed by atoms with Gasteiger partial charge in [-0.2, -0.15) is 0 Å².